The average molecular weight is 361 g/mol. The number of nitrogens with zero attached hydrogens (tertiary/aromatic N) is 1. The van der Waals surface area contributed by atoms with E-state index in [1.54, 1.807) is 0 Å². The van der Waals surface area contributed by atoms with Gasteiger partial charge in [-0.2, -0.15) is 0 Å². The number of carboxylic acid groups (broad SMARTS) is 1. The molecule has 8 atom stereocenters. The number of fused-ring (bicyclic) bond motifs is 5. The molecule has 4 heteroatoms. The van der Waals surface area contributed by atoms with Crippen molar-refractivity contribution in [2.75, 3.05) is 7.05 Å². The van der Waals surface area contributed by atoms with Crippen LogP contribution in [0.3, 0.4) is 0 Å². The quantitative estimate of drug-likeness (QED) is 0.761. The second-order valence-electron chi connectivity index (χ2n) is 10.3. The van der Waals surface area contributed by atoms with Crippen molar-refractivity contribution in [1.29, 1.82) is 0 Å². The molecular weight excluding hydrogens is 326 g/mol. The average Bonchev–Trinajstić information content (AvgIpc) is 2.95. The van der Waals surface area contributed by atoms with E-state index in [0.717, 1.165) is 25.7 Å². The van der Waals surface area contributed by atoms with Gasteiger partial charge in [-0.15, -0.1) is 0 Å². The Morgan fingerprint density at radius 2 is 1.77 bits per heavy atom. The lowest BCUT2D eigenvalue weighted by Gasteiger charge is -2.62. The summed E-state index contributed by atoms with van der Waals surface area (Å²) in [6, 6.07) is 0.397. The Kier molecular flexibility index (Phi) is 4.20. The molecule has 0 bridgehead atoms. The molecule has 1 aliphatic heterocycles. The summed E-state index contributed by atoms with van der Waals surface area (Å²) in [7, 11) is 2.00. The Morgan fingerprint density at radius 3 is 2.46 bits per heavy atom. The first kappa shape index (κ1) is 18.3. The molecule has 1 saturated heterocycles. The summed E-state index contributed by atoms with van der Waals surface area (Å²) in [6.07, 6.45) is 8.60. The SMILES string of the molecule is CC(C(=O)[O-])C1CCC2C3CCC4N(C)C(=O)CCC4(C)C3CCC12C. The number of hydrogen-bond acceptors (Lipinski definition) is 3. The molecule has 4 rings (SSSR count). The van der Waals surface area contributed by atoms with Crippen molar-refractivity contribution in [3.8, 4) is 0 Å². The molecule has 3 aliphatic carbocycles. The van der Waals surface area contributed by atoms with Crippen LogP contribution in [0.4, 0.5) is 0 Å². The highest BCUT2D eigenvalue weighted by Crippen LogP contribution is 2.67. The van der Waals surface area contributed by atoms with Gasteiger partial charge in [-0.3, -0.25) is 4.79 Å². The fourth-order valence-corrected chi connectivity index (χ4v) is 8.18. The highest BCUT2D eigenvalue weighted by molar-refractivity contribution is 5.77. The van der Waals surface area contributed by atoms with Crippen molar-refractivity contribution >= 4 is 11.9 Å². The second kappa shape index (κ2) is 5.97. The van der Waals surface area contributed by atoms with Crippen LogP contribution in [-0.2, 0) is 9.59 Å². The van der Waals surface area contributed by atoms with Crippen LogP contribution in [0.5, 0.6) is 0 Å². The number of carbonyl (C=O) groups is 2. The first-order chi connectivity index (χ1) is 12.2. The van der Waals surface area contributed by atoms with Gasteiger partial charge in [0.1, 0.15) is 0 Å². The molecule has 3 saturated carbocycles. The highest BCUT2D eigenvalue weighted by atomic mass is 16.4. The standard InChI is InChI=1S/C22H35NO3/c1-13(20(25)26)15-6-7-16-14-5-8-18-22(3,12-10-19(24)23(18)4)17(14)9-11-21(15,16)2/h13-18H,5-12H2,1-4H3,(H,25,26)/p-1. The minimum absolute atomic E-state index is 0.153. The van der Waals surface area contributed by atoms with Crippen LogP contribution in [0.1, 0.15) is 72.1 Å². The fourth-order valence-electron chi connectivity index (χ4n) is 8.18. The first-order valence-electron chi connectivity index (χ1n) is 10.7. The van der Waals surface area contributed by atoms with Crippen molar-refractivity contribution in [1.82, 2.24) is 4.90 Å². The number of piperidine rings is 1. The first-order valence-corrected chi connectivity index (χ1v) is 10.7. The van der Waals surface area contributed by atoms with E-state index in [9.17, 15) is 14.7 Å². The Morgan fingerprint density at radius 1 is 1.08 bits per heavy atom. The van der Waals surface area contributed by atoms with E-state index in [2.05, 4.69) is 13.8 Å². The zero-order chi connectivity index (χ0) is 18.9. The predicted octanol–water partition coefficient (Wildman–Crippen LogP) is 2.85. The van der Waals surface area contributed by atoms with E-state index in [0.29, 0.717) is 36.1 Å². The van der Waals surface area contributed by atoms with Gasteiger partial charge in [-0.05, 0) is 85.4 Å². The summed E-state index contributed by atoms with van der Waals surface area (Å²) in [5.41, 5.74) is 0.394. The Bertz CT molecular complexity index is 619. The van der Waals surface area contributed by atoms with Gasteiger partial charge < -0.3 is 14.8 Å². The van der Waals surface area contributed by atoms with Crippen LogP contribution in [0, 0.1) is 40.4 Å². The lowest BCUT2D eigenvalue weighted by Crippen LogP contribution is -2.61. The van der Waals surface area contributed by atoms with Crippen LogP contribution in [0.15, 0.2) is 0 Å². The normalized spacial score (nSPS) is 49.2. The Labute approximate surface area is 157 Å². The number of rotatable bonds is 2. The molecule has 26 heavy (non-hydrogen) atoms. The van der Waals surface area contributed by atoms with E-state index in [-0.39, 0.29) is 22.7 Å². The van der Waals surface area contributed by atoms with Gasteiger partial charge in [0, 0.05) is 25.5 Å². The topological polar surface area (TPSA) is 60.4 Å². The summed E-state index contributed by atoms with van der Waals surface area (Å²) in [5, 5.41) is 11.5. The summed E-state index contributed by atoms with van der Waals surface area (Å²) in [5.74, 6) is 1.40. The third kappa shape index (κ3) is 2.32. The molecule has 8 unspecified atom stereocenters. The molecule has 4 aliphatic rings. The minimum Gasteiger partial charge on any atom is -0.550 e. The second-order valence-corrected chi connectivity index (χ2v) is 10.3. The third-order valence-electron chi connectivity index (χ3n) is 9.61. The van der Waals surface area contributed by atoms with Crippen molar-refractivity contribution in [2.24, 2.45) is 40.4 Å². The van der Waals surface area contributed by atoms with Crippen LogP contribution in [0.2, 0.25) is 0 Å². The molecule has 0 aromatic rings. The zero-order valence-corrected chi connectivity index (χ0v) is 16.8. The molecule has 4 nitrogen and oxygen atoms in total. The van der Waals surface area contributed by atoms with E-state index in [1.807, 2.05) is 18.9 Å². The molecule has 146 valence electrons. The van der Waals surface area contributed by atoms with Gasteiger partial charge in [0.05, 0.1) is 0 Å². The Balaban J connectivity index is 1.61. The molecule has 0 spiro atoms. The maximum atomic E-state index is 12.2. The maximum Gasteiger partial charge on any atom is 0.222 e. The van der Waals surface area contributed by atoms with Crippen molar-refractivity contribution < 1.29 is 14.7 Å². The molecule has 1 heterocycles. The summed E-state index contributed by atoms with van der Waals surface area (Å²) < 4.78 is 0. The predicted molar refractivity (Wildman–Crippen MR) is 97.8 cm³/mol. The van der Waals surface area contributed by atoms with Crippen molar-refractivity contribution in [3.05, 3.63) is 0 Å². The summed E-state index contributed by atoms with van der Waals surface area (Å²) >= 11 is 0. The van der Waals surface area contributed by atoms with E-state index in [4.69, 9.17) is 0 Å². The molecule has 1 amide bonds. The van der Waals surface area contributed by atoms with Crippen LogP contribution < -0.4 is 5.11 Å². The van der Waals surface area contributed by atoms with E-state index >= 15 is 0 Å². The van der Waals surface area contributed by atoms with Crippen LogP contribution >= 0.6 is 0 Å². The number of amides is 1. The monoisotopic (exact) mass is 360 g/mol. The van der Waals surface area contributed by atoms with Crippen molar-refractivity contribution in [3.63, 3.8) is 0 Å². The van der Waals surface area contributed by atoms with Gasteiger partial charge in [0.25, 0.3) is 0 Å². The highest BCUT2D eigenvalue weighted by Gasteiger charge is 2.61. The van der Waals surface area contributed by atoms with E-state index < -0.39 is 5.97 Å². The van der Waals surface area contributed by atoms with Gasteiger partial charge in [0.15, 0.2) is 0 Å². The molecule has 0 aromatic carbocycles. The smallest absolute Gasteiger partial charge is 0.222 e. The molecule has 0 aromatic heterocycles. The Hall–Kier alpha value is -1.06. The summed E-state index contributed by atoms with van der Waals surface area (Å²) in [6.45, 7) is 6.67. The third-order valence-corrected chi connectivity index (χ3v) is 9.61. The number of carboxylic acids is 1. The molecular formula is C22H34NO3-. The van der Waals surface area contributed by atoms with Gasteiger partial charge in [-0.1, -0.05) is 20.8 Å². The van der Waals surface area contributed by atoms with Crippen LogP contribution in [-0.4, -0.2) is 29.9 Å². The van der Waals surface area contributed by atoms with Gasteiger partial charge in [-0.25, -0.2) is 0 Å². The van der Waals surface area contributed by atoms with Crippen molar-refractivity contribution in [2.45, 2.75) is 78.2 Å². The van der Waals surface area contributed by atoms with Crippen LogP contribution in [0.25, 0.3) is 0 Å². The molecule has 0 N–H and O–H groups in total. The van der Waals surface area contributed by atoms with Gasteiger partial charge >= 0.3 is 0 Å². The van der Waals surface area contributed by atoms with Gasteiger partial charge in [0.2, 0.25) is 5.91 Å². The largest absolute Gasteiger partial charge is 0.550 e. The number of hydrogen-bond donors (Lipinski definition) is 0. The minimum atomic E-state index is -0.873. The number of carbonyl (C=O) groups excluding carboxylic acids is 2. The zero-order valence-electron chi connectivity index (χ0n) is 16.8. The molecule has 4 fully saturated rings. The molecule has 0 radical (unpaired) electrons. The van der Waals surface area contributed by atoms with E-state index in [1.165, 1.54) is 19.3 Å². The maximum absolute atomic E-state index is 12.2. The lowest BCUT2D eigenvalue weighted by atomic mass is 9.46. The fraction of sp³-hybridized carbons (Fsp3) is 0.909. The number of likely N-dealkylation sites (tertiary alicyclic amines) is 1. The lowest BCUT2D eigenvalue weighted by molar-refractivity contribution is -0.314. The number of aliphatic carboxylic acids is 1. The summed E-state index contributed by atoms with van der Waals surface area (Å²) in [4.78, 5) is 25.8.